The highest BCUT2D eigenvalue weighted by atomic mass is 35.5. The molecule has 1 amide bonds. The Labute approximate surface area is 200 Å². The summed E-state index contributed by atoms with van der Waals surface area (Å²) >= 11 is 18.3. The van der Waals surface area contributed by atoms with E-state index in [-0.39, 0.29) is 13.2 Å². The first-order valence-corrected chi connectivity index (χ1v) is 10.5. The number of hydrazone groups is 1. The maximum absolute atomic E-state index is 11.9. The predicted molar refractivity (Wildman–Crippen MR) is 126 cm³/mol. The second kappa shape index (κ2) is 11.6. The van der Waals surface area contributed by atoms with Gasteiger partial charge in [-0.3, -0.25) is 4.79 Å². The van der Waals surface area contributed by atoms with Crippen molar-refractivity contribution in [1.29, 1.82) is 0 Å². The maximum atomic E-state index is 11.9. The van der Waals surface area contributed by atoms with Crippen LogP contribution in [-0.4, -0.2) is 25.8 Å². The molecule has 1 N–H and O–H groups in total. The first-order chi connectivity index (χ1) is 15.5. The van der Waals surface area contributed by atoms with E-state index in [0.29, 0.717) is 43.4 Å². The largest absolute Gasteiger partial charge is 0.493 e. The summed E-state index contributed by atoms with van der Waals surface area (Å²) < 4.78 is 16.6. The van der Waals surface area contributed by atoms with E-state index in [0.717, 1.165) is 0 Å². The Morgan fingerprint density at radius 1 is 0.906 bits per heavy atom. The van der Waals surface area contributed by atoms with E-state index in [2.05, 4.69) is 10.5 Å². The van der Waals surface area contributed by atoms with Crippen molar-refractivity contribution >= 4 is 46.9 Å². The van der Waals surface area contributed by atoms with Gasteiger partial charge in [0.2, 0.25) is 0 Å². The van der Waals surface area contributed by atoms with E-state index >= 15 is 0 Å². The summed E-state index contributed by atoms with van der Waals surface area (Å²) in [5.74, 6) is 1.000. The third-order valence-electron chi connectivity index (χ3n) is 4.22. The number of para-hydroxylation sites is 1. The molecule has 3 rings (SSSR count). The predicted octanol–water partition coefficient (Wildman–Crippen LogP) is 5.76. The average Bonchev–Trinajstić information content (AvgIpc) is 2.78. The van der Waals surface area contributed by atoms with Crippen molar-refractivity contribution in [2.75, 3.05) is 13.7 Å². The Bertz CT molecular complexity index is 1100. The van der Waals surface area contributed by atoms with Crippen molar-refractivity contribution in [1.82, 2.24) is 5.43 Å². The van der Waals surface area contributed by atoms with Crippen LogP contribution in [0.4, 0.5) is 0 Å². The lowest BCUT2D eigenvalue weighted by Gasteiger charge is -2.13. The molecule has 0 aliphatic heterocycles. The monoisotopic (exact) mass is 492 g/mol. The standard InChI is InChI=1S/C23H19Cl3N2O4/c1-30-22-11-15(9-10-21(22)31-13-16-17(24)6-4-7-18(16)25)12-27-28-23(29)14-32-20-8-3-2-5-19(20)26/h2-12H,13-14H2,1H3,(H,28,29)/b27-12+. The minimum absolute atomic E-state index is 0.184. The SMILES string of the molecule is COc1cc(/C=N/NC(=O)COc2ccccc2Cl)ccc1OCc1c(Cl)cccc1Cl. The number of carbonyl (C=O) groups is 1. The molecule has 0 heterocycles. The van der Waals surface area contributed by atoms with Gasteiger partial charge in [-0.05, 0) is 48.0 Å². The van der Waals surface area contributed by atoms with Gasteiger partial charge in [-0.1, -0.05) is 53.0 Å². The van der Waals surface area contributed by atoms with Crippen LogP contribution in [0.15, 0.2) is 65.8 Å². The smallest absolute Gasteiger partial charge is 0.277 e. The molecule has 0 aromatic heterocycles. The lowest BCUT2D eigenvalue weighted by molar-refractivity contribution is -0.123. The van der Waals surface area contributed by atoms with Crippen LogP contribution in [0.2, 0.25) is 15.1 Å². The second-order valence-corrected chi connectivity index (χ2v) is 7.63. The maximum Gasteiger partial charge on any atom is 0.277 e. The number of halogens is 3. The van der Waals surface area contributed by atoms with Crippen LogP contribution in [-0.2, 0) is 11.4 Å². The van der Waals surface area contributed by atoms with Crippen LogP contribution < -0.4 is 19.6 Å². The van der Waals surface area contributed by atoms with Crippen molar-refractivity contribution < 1.29 is 19.0 Å². The molecular weight excluding hydrogens is 475 g/mol. The summed E-state index contributed by atoms with van der Waals surface area (Å²) in [5, 5.41) is 5.40. The molecule has 0 saturated heterocycles. The number of nitrogens with one attached hydrogen (secondary N) is 1. The van der Waals surface area contributed by atoms with Crippen LogP contribution in [0.1, 0.15) is 11.1 Å². The van der Waals surface area contributed by atoms with Crippen LogP contribution in [0.25, 0.3) is 0 Å². The van der Waals surface area contributed by atoms with Gasteiger partial charge >= 0.3 is 0 Å². The van der Waals surface area contributed by atoms with Gasteiger partial charge in [-0.15, -0.1) is 0 Å². The molecule has 32 heavy (non-hydrogen) atoms. The lowest BCUT2D eigenvalue weighted by atomic mass is 10.2. The van der Waals surface area contributed by atoms with E-state index in [1.807, 2.05) is 0 Å². The fraction of sp³-hybridized carbons (Fsp3) is 0.130. The van der Waals surface area contributed by atoms with Gasteiger partial charge in [0.05, 0.1) is 18.3 Å². The number of hydrogen-bond donors (Lipinski definition) is 1. The topological polar surface area (TPSA) is 69.2 Å². The van der Waals surface area contributed by atoms with Gasteiger partial charge in [-0.25, -0.2) is 5.43 Å². The van der Waals surface area contributed by atoms with Crippen LogP contribution in [0.3, 0.4) is 0 Å². The van der Waals surface area contributed by atoms with Gasteiger partial charge in [0.1, 0.15) is 12.4 Å². The fourth-order valence-electron chi connectivity index (χ4n) is 2.62. The first kappa shape index (κ1) is 23.7. The highest BCUT2D eigenvalue weighted by Gasteiger charge is 2.10. The number of rotatable bonds is 9. The van der Waals surface area contributed by atoms with Crippen molar-refractivity contribution in [3.63, 3.8) is 0 Å². The molecule has 0 fully saturated rings. The zero-order valence-corrected chi connectivity index (χ0v) is 19.2. The summed E-state index contributed by atoms with van der Waals surface area (Å²) in [6.45, 7) is -0.0361. The second-order valence-electron chi connectivity index (χ2n) is 6.41. The highest BCUT2D eigenvalue weighted by molar-refractivity contribution is 6.36. The highest BCUT2D eigenvalue weighted by Crippen LogP contribution is 2.31. The summed E-state index contributed by atoms with van der Waals surface area (Å²) in [6.07, 6.45) is 1.48. The lowest BCUT2D eigenvalue weighted by Crippen LogP contribution is -2.24. The normalized spacial score (nSPS) is 10.8. The summed E-state index contributed by atoms with van der Waals surface area (Å²) in [5.41, 5.74) is 3.77. The van der Waals surface area contributed by atoms with Gasteiger partial charge in [-0.2, -0.15) is 5.10 Å². The quantitative estimate of drug-likeness (QED) is 0.304. The van der Waals surface area contributed by atoms with E-state index in [1.165, 1.54) is 13.3 Å². The Morgan fingerprint density at radius 3 is 2.34 bits per heavy atom. The number of benzene rings is 3. The van der Waals surface area contributed by atoms with Crippen LogP contribution in [0, 0.1) is 0 Å². The van der Waals surface area contributed by atoms with E-state index in [4.69, 9.17) is 49.0 Å². The van der Waals surface area contributed by atoms with Crippen molar-refractivity contribution in [3.8, 4) is 17.2 Å². The number of amides is 1. The summed E-state index contributed by atoms with van der Waals surface area (Å²) in [4.78, 5) is 11.9. The van der Waals surface area contributed by atoms with Crippen LogP contribution in [0.5, 0.6) is 17.2 Å². The van der Waals surface area contributed by atoms with Crippen LogP contribution >= 0.6 is 34.8 Å². The zero-order valence-electron chi connectivity index (χ0n) is 17.0. The molecule has 6 nitrogen and oxygen atoms in total. The summed E-state index contributed by atoms with van der Waals surface area (Å²) in [6, 6.07) is 17.4. The van der Waals surface area contributed by atoms with E-state index < -0.39 is 5.91 Å². The number of nitrogens with zero attached hydrogens (tertiary/aromatic N) is 1. The molecule has 0 radical (unpaired) electrons. The molecule has 3 aromatic rings. The van der Waals surface area contributed by atoms with E-state index in [1.54, 1.807) is 60.7 Å². The number of hydrogen-bond acceptors (Lipinski definition) is 5. The molecule has 0 aliphatic rings. The molecule has 0 bridgehead atoms. The van der Waals surface area contributed by atoms with Gasteiger partial charge in [0, 0.05) is 15.6 Å². The Balaban J connectivity index is 1.56. The number of methoxy groups -OCH3 is 1. The Kier molecular flexibility index (Phi) is 8.62. The molecule has 0 aliphatic carbocycles. The number of carbonyl (C=O) groups excluding carboxylic acids is 1. The molecule has 9 heteroatoms. The molecule has 0 spiro atoms. The third-order valence-corrected chi connectivity index (χ3v) is 5.24. The Morgan fingerprint density at radius 2 is 1.62 bits per heavy atom. The Hall–Kier alpha value is -2.93. The molecule has 166 valence electrons. The average molecular weight is 494 g/mol. The van der Waals surface area contributed by atoms with E-state index in [9.17, 15) is 4.79 Å². The van der Waals surface area contributed by atoms with Gasteiger partial charge in [0.15, 0.2) is 18.1 Å². The first-order valence-electron chi connectivity index (χ1n) is 9.41. The molecule has 3 aromatic carbocycles. The van der Waals surface area contributed by atoms with Gasteiger partial charge in [0.25, 0.3) is 5.91 Å². The minimum atomic E-state index is -0.426. The third kappa shape index (κ3) is 6.53. The zero-order chi connectivity index (χ0) is 22.9. The molecule has 0 atom stereocenters. The molecule has 0 saturated carbocycles. The summed E-state index contributed by atoms with van der Waals surface area (Å²) in [7, 11) is 1.53. The van der Waals surface area contributed by atoms with Crippen molar-refractivity contribution in [2.45, 2.75) is 6.61 Å². The van der Waals surface area contributed by atoms with Crippen molar-refractivity contribution in [3.05, 3.63) is 86.9 Å². The van der Waals surface area contributed by atoms with Crippen molar-refractivity contribution in [2.24, 2.45) is 5.10 Å². The fourth-order valence-corrected chi connectivity index (χ4v) is 3.32. The number of ether oxygens (including phenoxy) is 3. The molecular formula is C23H19Cl3N2O4. The molecule has 0 unspecified atom stereocenters. The van der Waals surface area contributed by atoms with Gasteiger partial charge < -0.3 is 14.2 Å². The minimum Gasteiger partial charge on any atom is -0.493 e.